The lowest BCUT2D eigenvalue weighted by molar-refractivity contribution is 0.200. The van der Waals surface area contributed by atoms with Gasteiger partial charge in [-0.3, -0.25) is 4.79 Å². The molecule has 1 aliphatic heterocycles. The van der Waals surface area contributed by atoms with Crippen LogP contribution >= 0.6 is 11.6 Å². The highest BCUT2D eigenvalue weighted by atomic mass is 35.5. The number of ether oxygens (including phenoxy) is 1. The molecule has 9 nitrogen and oxygen atoms in total. The molecule has 1 N–H and O–H groups in total. The number of hydrogen-bond donors (Lipinski definition) is 1. The van der Waals surface area contributed by atoms with Crippen molar-refractivity contribution in [3.63, 3.8) is 0 Å². The van der Waals surface area contributed by atoms with Gasteiger partial charge in [-0.1, -0.05) is 23.7 Å². The predicted octanol–water partition coefficient (Wildman–Crippen LogP) is 3.64. The fraction of sp³-hybridized carbons (Fsp3) is 0.250. The number of allylic oxidation sites excluding steroid dienone is 1. The monoisotopic (exact) mass is 477 g/mol. The van der Waals surface area contributed by atoms with Crippen LogP contribution in [-0.2, 0) is 6.54 Å². The highest BCUT2D eigenvalue weighted by Crippen LogP contribution is 2.22. The molecule has 1 aliphatic rings. The van der Waals surface area contributed by atoms with E-state index in [2.05, 4.69) is 33.8 Å². The first-order valence-corrected chi connectivity index (χ1v) is 11.3. The van der Waals surface area contributed by atoms with Crippen molar-refractivity contribution >= 4 is 34.3 Å². The van der Waals surface area contributed by atoms with Crippen molar-refractivity contribution in [3.8, 4) is 11.7 Å². The van der Waals surface area contributed by atoms with Crippen LogP contribution in [-0.4, -0.2) is 55.5 Å². The Bertz CT molecular complexity index is 1400. The molecule has 1 aromatic carbocycles. The highest BCUT2D eigenvalue weighted by molar-refractivity contribution is 6.30. The lowest BCUT2D eigenvalue weighted by Gasteiger charge is -2.15. The molecule has 0 aliphatic carbocycles. The first kappa shape index (κ1) is 22.1. The van der Waals surface area contributed by atoms with Gasteiger partial charge in [0.1, 0.15) is 11.5 Å². The maximum atomic E-state index is 13.1. The minimum atomic E-state index is -0.224. The van der Waals surface area contributed by atoms with Gasteiger partial charge in [-0.15, -0.1) is 6.58 Å². The van der Waals surface area contributed by atoms with Crippen molar-refractivity contribution in [2.75, 3.05) is 25.5 Å². The van der Waals surface area contributed by atoms with Gasteiger partial charge in [0.25, 0.3) is 5.56 Å². The number of anilines is 2. The molecule has 0 amide bonds. The Morgan fingerprint density at radius 1 is 1.24 bits per heavy atom. The third-order valence-corrected chi connectivity index (χ3v) is 5.89. The molecule has 3 aromatic heterocycles. The fourth-order valence-electron chi connectivity index (χ4n) is 4.02. The lowest BCUT2D eigenvalue weighted by Crippen LogP contribution is -2.23. The van der Waals surface area contributed by atoms with Crippen molar-refractivity contribution in [3.05, 3.63) is 76.7 Å². The molecule has 174 valence electrons. The molecule has 4 aromatic rings. The van der Waals surface area contributed by atoms with E-state index in [4.69, 9.17) is 21.3 Å². The Morgan fingerprint density at radius 2 is 2.06 bits per heavy atom. The van der Waals surface area contributed by atoms with E-state index in [1.54, 1.807) is 22.9 Å². The Kier molecular flexibility index (Phi) is 6.04. The summed E-state index contributed by atoms with van der Waals surface area (Å²) in [7, 11) is 2.07. The number of likely N-dealkylation sites (N-methyl/N-ethyl adjacent to an activating group) is 1. The third-order valence-electron chi connectivity index (χ3n) is 5.64. The number of nitrogens with one attached hydrogen (secondary N) is 1. The largest absolute Gasteiger partial charge is 0.473 e. The van der Waals surface area contributed by atoms with Gasteiger partial charge in [0.2, 0.25) is 11.8 Å². The van der Waals surface area contributed by atoms with Gasteiger partial charge >= 0.3 is 0 Å². The van der Waals surface area contributed by atoms with Crippen molar-refractivity contribution in [2.45, 2.75) is 19.1 Å². The zero-order valence-corrected chi connectivity index (χ0v) is 19.4. The van der Waals surface area contributed by atoms with Crippen molar-refractivity contribution < 1.29 is 4.74 Å². The second-order valence-corrected chi connectivity index (χ2v) is 8.61. The number of likely N-dealkylation sites (tertiary alicyclic amines) is 1. The molecule has 0 unspecified atom stereocenters. The summed E-state index contributed by atoms with van der Waals surface area (Å²) in [6.07, 6.45) is 4.21. The maximum absolute atomic E-state index is 13.1. The topological polar surface area (TPSA) is 90.1 Å². The number of aromatic nitrogens is 5. The van der Waals surface area contributed by atoms with E-state index < -0.39 is 0 Å². The second kappa shape index (κ2) is 9.28. The number of fused-ring (bicyclic) bond motifs is 1. The molecule has 0 saturated carbocycles. The average molecular weight is 478 g/mol. The van der Waals surface area contributed by atoms with Gasteiger partial charge in [0.15, 0.2) is 11.5 Å². The molecule has 0 bridgehead atoms. The summed E-state index contributed by atoms with van der Waals surface area (Å²) in [6.45, 7) is 5.93. The van der Waals surface area contributed by atoms with Gasteiger partial charge in [-0.2, -0.15) is 9.97 Å². The number of rotatable bonds is 7. The summed E-state index contributed by atoms with van der Waals surface area (Å²) in [6, 6.07) is 12.7. The Hall–Kier alpha value is -3.69. The molecule has 0 spiro atoms. The van der Waals surface area contributed by atoms with E-state index in [1.165, 1.54) is 10.9 Å². The first-order chi connectivity index (χ1) is 16.5. The van der Waals surface area contributed by atoms with Crippen molar-refractivity contribution in [1.82, 2.24) is 29.2 Å². The van der Waals surface area contributed by atoms with Crippen LogP contribution in [0.2, 0.25) is 5.02 Å². The summed E-state index contributed by atoms with van der Waals surface area (Å²) in [4.78, 5) is 29.0. The van der Waals surface area contributed by atoms with Gasteiger partial charge in [0, 0.05) is 36.1 Å². The fourth-order valence-corrected chi connectivity index (χ4v) is 4.15. The molecule has 0 radical (unpaired) electrons. The smallest absolute Gasteiger partial charge is 0.278 e. The van der Waals surface area contributed by atoms with Gasteiger partial charge in [0.05, 0.1) is 6.54 Å². The molecule has 5 rings (SSSR count). The molecular formula is C24H24ClN7O2. The molecule has 1 saturated heterocycles. The van der Waals surface area contributed by atoms with E-state index in [0.29, 0.717) is 33.7 Å². The lowest BCUT2D eigenvalue weighted by atomic mass is 10.3. The molecular weight excluding hydrogens is 454 g/mol. The van der Waals surface area contributed by atoms with Gasteiger partial charge < -0.3 is 15.0 Å². The van der Waals surface area contributed by atoms with Gasteiger partial charge in [-0.05, 0) is 43.8 Å². The van der Waals surface area contributed by atoms with Crippen LogP contribution in [0.25, 0.3) is 16.9 Å². The molecule has 10 heteroatoms. The molecule has 1 fully saturated rings. The minimum Gasteiger partial charge on any atom is -0.473 e. The van der Waals surface area contributed by atoms with Crippen LogP contribution in [0.3, 0.4) is 0 Å². The number of halogens is 1. The van der Waals surface area contributed by atoms with Crippen LogP contribution in [0, 0.1) is 0 Å². The van der Waals surface area contributed by atoms with E-state index in [9.17, 15) is 4.79 Å². The van der Waals surface area contributed by atoms with E-state index in [1.807, 2.05) is 30.3 Å². The van der Waals surface area contributed by atoms with E-state index in [-0.39, 0.29) is 18.2 Å². The molecule has 34 heavy (non-hydrogen) atoms. The van der Waals surface area contributed by atoms with Crippen molar-refractivity contribution in [1.29, 1.82) is 0 Å². The predicted molar refractivity (Wildman–Crippen MR) is 132 cm³/mol. The number of pyridine rings is 1. The van der Waals surface area contributed by atoms with Gasteiger partial charge in [-0.25, -0.2) is 14.3 Å². The third kappa shape index (κ3) is 4.40. The quantitative estimate of drug-likeness (QED) is 0.406. The number of hydrogen-bond acceptors (Lipinski definition) is 7. The van der Waals surface area contributed by atoms with E-state index >= 15 is 0 Å². The maximum Gasteiger partial charge on any atom is 0.278 e. The zero-order valence-electron chi connectivity index (χ0n) is 18.7. The van der Waals surface area contributed by atoms with Crippen LogP contribution in [0.15, 0.2) is 66.1 Å². The molecule has 4 heterocycles. The van der Waals surface area contributed by atoms with Crippen LogP contribution in [0.1, 0.15) is 6.42 Å². The van der Waals surface area contributed by atoms with Crippen LogP contribution in [0.4, 0.5) is 11.6 Å². The van der Waals surface area contributed by atoms with Crippen LogP contribution in [0.5, 0.6) is 5.88 Å². The Balaban J connectivity index is 1.56. The summed E-state index contributed by atoms with van der Waals surface area (Å²) in [5.74, 6) is 1.38. The summed E-state index contributed by atoms with van der Waals surface area (Å²) in [5, 5.41) is 4.17. The summed E-state index contributed by atoms with van der Waals surface area (Å²) < 4.78 is 9.33. The average Bonchev–Trinajstić information content (AvgIpc) is 3.36. The standard InChI is InChI=1S/C24H24ClN7O2/c1-3-12-31-23(33)19-14-26-24(27-17-9-7-16(25)8-10-17)29-22(19)32(31)20-5-4-6-21(28-20)34-18-11-13-30(2)15-18/h3-10,14,18H,1,11-13,15H2,2H3,(H,26,27,29)/t18-/m0/s1. The first-order valence-electron chi connectivity index (χ1n) is 11.0. The summed E-state index contributed by atoms with van der Waals surface area (Å²) in [5.41, 5.74) is 0.986. The van der Waals surface area contributed by atoms with E-state index in [0.717, 1.165) is 25.2 Å². The highest BCUT2D eigenvalue weighted by Gasteiger charge is 2.22. The normalized spacial score (nSPS) is 16.1. The van der Waals surface area contributed by atoms with Crippen LogP contribution < -0.4 is 15.6 Å². The zero-order chi connectivity index (χ0) is 23.7. The number of benzene rings is 1. The summed E-state index contributed by atoms with van der Waals surface area (Å²) >= 11 is 5.98. The minimum absolute atomic E-state index is 0.0852. The van der Waals surface area contributed by atoms with Crippen molar-refractivity contribution in [2.24, 2.45) is 0 Å². The Labute approximate surface area is 201 Å². The molecule has 1 atom stereocenters. The Morgan fingerprint density at radius 3 is 2.79 bits per heavy atom. The second-order valence-electron chi connectivity index (χ2n) is 8.18. The SMILES string of the molecule is C=CCn1c(=O)c2cnc(Nc3ccc(Cl)cc3)nc2n1-c1cccc(O[C@H]2CCN(C)C2)n1. The number of nitrogens with zero attached hydrogens (tertiary/aromatic N) is 6.